The number of carbonyl (C=O) groups excluding carboxylic acids is 3. The van der Waals surface area contributed by atoms with Crippen molar-refractivity contribution in [3.8, 4) is 0 Å². The molecule has 11 heteroatoms. The summed E-state index contributed by atoms with van der Waals surface area (Å²) in [6, 6.07) is -0.767. The molecule has 1 heterocycles. The highest BCUT2D eigenvalue weighted by molar-refractivity contribution is 7.98. The van der Waals surface area contributed by atoms with Crippen LogP contribution in [0.4, 0.5) is 0 Å². The number of carbonyl (C=O) groups is 3. The Bertz CT molecular complexity index is 648. The Morgan fingerprint density at radius 2 is 2.08 bits per heavy atom. The van der Waals surface area contributed by atoms with Gasteiger partial charge in [0.25, 0.3) is 5.91 Å². The zero-order chi connectivity index (χ0) is 19.5. The Labute approximate surface area is 165 Å². The molecule has 0 aromatic carbocycles. The molecule has 8 nitrogen and oxygen atoms in total. The number of hydrogen-bond donors (Lipinski definition) is 2. The van der Waals surface area contributed by atoms with Crippen molar-refractivity contribution in [2.24, 2.45) is 0 Å². The highest BCUT2D eigenvalue weighted by Gasteiger charge is 2.23. The number of aromatic nitrogens is 2. The third kappa shape index (κ3) is 7.38. The van der Waals surface area contributed by atoms with E-state index in [1.165, 1.54) is 25.1 Å². The third-order valence-corrected chi connectivity index (χ3v) is 4.69. The highest BCUT2D eigenvalue weighted by Crippen LogP contribution is 2.16. The van der Waals surface area contributed by atoms with Gasteiger partial charge in [-0.1, -0.05) is 23.4 Å². The molecule has 0 aliphatic carbocycles. The van der Waals surface area contributed by atoms with Gasteiger partial charge < -0.3 is 15.4 Å². The molecule has 1 atom stereocenters. The van der Waals surface area contributed by atoms with Gasteiger partial charge in [0.2, 0.25) is 5.91 Å². The molecule has 0 aliphatic heterocycles. The van der Waals surface area contributed by atoms with E-state index in [2.05, 4.69) is 25.3 Å². The van der Waals surface area contributed by atoms with Gasteiger partial charge in [0.15, 0.2) is 10.9 Å². The van der Waals surface area contributed by atoms with Crippen molar-refractivity contribution in [3.05, 3.63) is 16.9 Å². The molecule has 2 amide bonds. The van der Waals surface area contributed by atoms with Crippen molar-refractivity contribution in [3.63, 3.8) is 0 Å². The fourth-order valence-electron chi connectivity index (χ4n) is 1.85. The minimum Gasteiger partial charge on any atom is -0.469 e. The second kappa shape index (κ2) is 12.0. The third-order valence-electron chi connectivity index (χ3n) is 3.21. The van der Waals surface area contributed by atoms with E-state index in [-0.39, 0.29) is 29.6 Å². The highest BCUT2D eigenvalue weighted by atomic mass is 35.5. The predicted octanol–water partition coefficient (Wildman–Crippen LogP) is 1.38. The van der Waals surface area contributed by atoms with E-state index in [4.69, 9.17) is 11.6 Å². The fraction of sp³-hybridized carbons (Fsp3) is 0.533. The van der Waals surface area contributed by atoms with E-state index in [0.29, 0.717) is 17.3 Å². The number of thioether (sulfide) groups is 2. The van der Waals surface area contributed by atoms with Crippen molar-refractivity contribution < 1.29 is 19.1 Å². The minimum atomic E-state index is -0.767. The van der Waals surface area contributed by atoms with Crippen molar-refractivity contribution in [1.29, 1.82) is 0 Å². The number of esters is 1. The first-order chi connectivity index (χ1) is 12.4. The van der Waals surface area contributed by atoms with Crippen LogP contribution >= 0.6 is 35.1 Å². The Kier molecular flexibility index (Phi) is 10.4. The number of amides is 2. The predicted molar refractivity (Wildman–Crippen MR) is 103 cm³/mol. The molecule has 2 N–H and O–H groups in total. The summed E-state index contributed by atoms with van der Waals surface area (Å²) in [6.07, 6.45) is 5.51. The van der Waals surface area contributed by atoms with Gasteiger partial charge in [-0.05, 0) is 24.7 Å². The van der Waals surface area contributed by atoms with Crippen LogP contribution in [0.5, 0.6) is 0 Å². The van der Waals surface area contributed by atoms with Crippen LogP contribution in [-0.2, 0) is 14.3 Å². The second-order valence-corrected chi connectivity index (χ2v) is 7.14. The molecule has 1 aromatic rings. The smallest absolute Gasteiger partial charge is 0.307 e. The molecule has 0 saturated heterocycles. The summed E-state index contributed by atoms with van der Waals surface area (Å²) in [6.45, 7) is 0.127. The Morgan fingerprint density at radius 1 is 1.35 bits per heavy atom. The Morgan fingerprint density at radius 3 is 2.69 bits per heavy atom. The number of nitrogens with one attached hydrogen (secondary N) is 2. The number of ether oxygens (including phenoxy) is 1. The number of nitrogens with zero attached hydrogens (tertiary/aromatic N) is 2. The molecule has 0 bridgehead atoms. The second-order valence-electron chi connectivity index (χ2n) is 4.98. The topological polar surface area (TPSA) is 110 Å². The molecule has 1 unspecified atom stereocenters. The summed E-state index contributed by atoms with van der Waals surface area (Å²) >= 11 is 8.83. The quantitative estimate of drug-likeness (QED) is 0.332. The summed E-state index contributed by atoms with van der Waals surface area (Å²) in [5.41, 5.74) is 0.0162. The van der Waals surface area contributed by atoms with Gasteiger partial charge in [0.1, 0.15) is 6.04 Å². The zero-order valence-electron chi connectivity index (χ0n) is 14.7. The summed E-state index contributed by atoms with van der Waals surface area (Å²) in [5, 5.41) is 5.78. The SMILES string of the molecule is COC(=O)CCNC(=O)C(CCSC)NC(=O)c1nc(SC)ncc1Cl. The van der Waals surface area contributed by atoms with Gasteiger partial charge >= 0.3 is 5.97 Å². The minimum absolute atomic E-state index is 0.0162. The Balaban J connectivity index is 2.78. The summed E-state index contributed by atoms with van der Waals surface area (Å²) in [4.78, 5) is 44.0. The number of halogens is 1. The van der Waals surface area contributed by atoms with Crippen molar-refractivity contribution in [2.75, 3.05) is 31.9 Å². The molecule has 144 valence electrons. The maximum atomic E-state index is 12.5. The lowest BCUT2D eigenvalue weighted by Crippen LogP contribution is -2.47. The number of hydrogen-bond acceptors (Lipinski definition) is 8. The van der Waals surface area contributed by atoms with Crippen LogP contribution in [0.2, 0.25) is 5.02 Å². The van der Waals surface area contributed by atoms with E-state index in [0.717, 1.165) is 0 Å². The van der Waals surface area contributed by atoms with E-state index in [1.807, 2.05) is 6.26 Å². The normalized spacial score (nSPS) is 11.5. The van der Waals surface area contributed by atoms with Crippen LogP contribution in [0.15, 0.2) is 11.4 Å². The molecule has 26 heavy (non-hydrogen) atoms. The van der Waals surface area contributed by atoms with Gasteiger partial charge in [-0.3, -0.25) is 14.4 Å². The van der Waals surface area contributed by atoms with E-state index in [1.54, 1.807) is 18.0 Å². The van der Waals surface area contributed by atoms with Gasteiger partial charge in [-0.25, -0.2) is 9.97 Å². The monoisotopic (exact) mass is 420 g/mol. The van der Waals surface area contributed by atoms with Gasteiger partial charge in [0.05, 0.1) is 24.8 Å². The summed E-state index contributed by atoms with van der Waals surface area (Å²) < 4.78 is 4.52. The van der Waals surface area contributed by atoms with Crippen LogP contribution in [0, 0.1) is 0 Å². The fourth-order valence-corrected chi connectivity index (χ4v) is 2.84. The van der Waals surface area contributed by atoms with Crippen molar-refractivity contribution in [1.82, 2.24) is 20.6 Å². The van der Waals surface area contributed by atoms with Crippen LogP contribution < -0.4 is 10.6 Å². The number of methoxy groups -OCH3 is 1. The molecule has 0 fully saturated rings. The van der Waals surface area contributed by atoms with E-state index in [9.17, 15) is 14.4 Å². The number of rotatable bonds is 10. The first-order valence-electron chi connectivity index (χ1n) is 7.63. The molecule has 0 aliphatic rings. The van der Waals surface area contributed by atoms with E-state index < -0.39 is 17.9 Å². The van der Waals surface area contributed by atoms with Crippen LogP contribution in [0.1, 0.15) is 23.3 Å². The van der Waals surface area contributed by atoms with Crippen LogP contribution in [-0.4, -0.2) is 65.7 Å². The maximum absolute atomic E-state index is 12.5. The molecule has 0 radical (unpaired) electrons. The average Bonchev–Trinajstić information content (AvgIpc) is 2.64. The Hall–Kier alpha value is -1.52. The lowest BCUT2D eigenvalue weighted by molar-refractivity contribution is -0.140. The van der Waals surface area contributed by atoms with Crippen molar-refractivity contribution in [2.45, 2.75) is 24.0 Å². The largest absolute Gasteiger partial charge is 0.469 e. The molecule has 0 saturated carbocycles. The first kappa shape index (κ1) is 22.5. The van der Waals surface area contributed by atoms with Gasteiger partial charge in [0, 0.05) is 6.54 Å². The summed E-state index contributed by atoms with van der Waals surface area (Å²) in [7, 11) is 1.28. The summed E-state index contributed by atoms with van der Waals surface area (Å²) in [5.74, 6) is -0.691. The van der Waals surface area contributed by atoms with Crippen LogP contribution in [0.3, 0.4) is 0 Å². The molecule has 0 spiro atoms. The molecular formula is C15H21ClN4O4S2. The average molecular weight is 421 g/mol. The lowest BCUT2D eigenvalue weighted by Gasteiger charge is -2.18. The van der Waals surface area contributed by atoms with Crippen LogP contribution in [0.25, 0.3) is 0 Å². The maximum Gasteiger partial charge on any atom is 0.307 e. The van der Waals surface area contributed by atoms with Gasteiger partial charge in [-0.2, -0.15) is 11.8 Å². The zero-order valence-corrected chi connectivity index (χ0v) is 17.1. The standard InChI is InChI=1S/C15H21ClN4O4S2/c1-24-11(21)4-6-17-13(22)10(5-7-25-2)19-14(23)12-9(16)8-18-15(20-12)26-3/h8,10H,4-7H2,1-3H3,(H,17,22)(H,19,23). The first-order valence-corrected chi connectivity index (χ1v) is 10.6. The van der Waals surface area contributed by atoms with E-state index >= 15 is 0 Å². The molecule has 1 aromatic heterocycles. The van der Waals surface area contributed by atoms with Crippen molar-refractivity contribution >= 4 is 52.9 Å². The molecule has 1 rings (SSSR count). The van der Waals surface area contributed by atoms with Gasteiger partial charge in [-0.15, -0.1) is 0 Å². The molecular weight excluding hydrogens is 400 g/mol. The lowest BCUT2D eigenvalue weighted by atomic mass is 10.2.